The first-order chi connectivity index (χ1) is 18.9. The van der Waals surface area contributed by atoms with Gasteiger partial charge >= 0.3 is 0 Å². The van der Waals surface area contributed by atoms with E-state index in [1.807, 2.05) is 0 Å². The summed E-state index contributed by atoms with van der Waals surface area (Å²) in [6.45, 7) is 0.199. The molecule has 0 fully saturated rings. The van der Waals surface area contributed by atoms with Crippen molar-refractivity contribution in [1.82, 2.24) is 5.32 Å². The Balaban J connectivity index is 1.50. The molecule has 198 valence electrons. The Morgan fingerprint density at radius 3 is 2.28 bits per heavy atom. The highest BCUT2D eigenvalue weighted by Crippen LogP contribution is 2.30. The zero-order chi connectivity index (χ0) is 27.8. The predicted octanol–water partition coefficient (Wildman–Crippen LogP) is 5.53. The largest absolute Gasteiger partial charge is 0.493 e. The van der Waals surface area contributed by atoms with Crippen molar-refractivity contribution in [3.63, 3.8) is 0 Å². The highest BCUT2D eigenvalue weighted by Gasteiger charge is 2.15. The number of nitrogens with two attached hydrogens (primary N) is 1. The lowest BCUT2D eigenvalue weighted by Gasteiger charge is -2.12. The molecule has 0 aliphatic rings. The van der Waals surface area contributed by atoms with E-state index in [1.54, 1.807) is 84.9 Å². The Hall–Kier alpha value is -5.11. The first-order valence-electron chi connectivity index (χ1n) is 12.1. The van der Waals surface area contributed by atoms with Crippen LogP contribution < -0.4 is 25.8 Å². The number of ether oxygens (including phenoxy) is 2. The van der Waals surface area contributed by atoms with Gasteiger partial charge in [-0.05, 0) is 71.3 Å². The summed E-state index contributed by atoms with van der Waals surface area (Å²) in [7, 11) is 3.06. The topological polar surface area (TPSA) is 103 Å². The molecule has 0 heterocycles. The van der Waals surface area contributed by atoms with Gasteiger partial charge in [-0.25, -0.2) is 4.39 Å². The van der Waals surface area contributed by atoms with E-state index in [2.05, 4.69) is 10.6 Å². The fourth-order valence-corrected chi connectivity index (χ4v) is 3.90. The van der Waals surface area contributed by atoms with Gasteiger partial charge in [0.25, 0.3) is 11.8 Å². The van der Waals surface area contributed by atoms with Crippen molar-refractivity contribution in [1.29, 1.82) is 0 Å². The molecule has 4 aromatic rings. The van der Waals surface area contributed by atoms with Gasteiger partial charge in [0, 0.05) is 17.7 Å². The fraction of sp³-hybridized carbons (Fsp3) is 0.0968. The monoisotopic (exact) mass is 525 g/mol. The van der Waals surface area contributed by atoms with Gasteiger partial charge in [0.05, 0.1) is 25.6 Å². The Labute approximate surface area is 226 Å². The number of nitrogen functional groups attached to an aromatic ring is 1. The Bertz CT molecular complexity index is 1520. The maximum Gasteiger partial charge on any atom is 0.255 e. The third-order valence-electron chi connectivity index (χ3n) is 5.98. The number of rotatable bonds is 9. The summed E-state index contributed by atoms with van der Waals surface area (Å²) in [6.07, 6.45) is 1.66. The van der Waals surface area contributed by atoms with Crippen LogP contribution in [0, 0.1) is 5.82 Å². The van der Waals surface area contributed by atoms with Gasteiger partial charge in [0.1, 0.15) is 5.82 Å². The minimum Gasteiger partial charge on any atom is -0.493 e. The molecule has 4 N–H and O–H groups in total. The van der Waals surface area contributed by atoms with Crippen LogP contribution in [-0.4, -0.2) is 26.0 Å². The lowest BCUT2D eigenvalue weighted by Crippen LogP contribution is -2.24. The van der Waals surface area contributed by atoms with Crippen molar-refractivity contribution in [3.8, 4) is 11.5 Å². The number of hydrogen-bond donors (Lipinski definition) is 3. The van der Waals surface area contributed by atoms with Crippen LogP contribution in [0.1, 0.15) is 27.0 Å². The number of para-hydroxylation sites is 2. The van der Waals surface area contributed by atoms with Crippen molar-refractivity contribution < 1.29 is 23.5 Å². The molecule has 0 saturated carbocycles. The molecule has 8 heteroatoms. The lowest BCUT2D eigenvalue weighted by atomic mass is 10.0. The molecule has 39 heavy (non-hydrogen) atoms. The standard InChI is InChI=1S/C31H28FN3O4/c1-38-28-15-12-21(17-29(28)39-2)16-25(23-6-5-7-24(32)18-23)31(37)34-19-20-10-13-22(14-11-20)30(36)35-27-9-4-3-8-26(27)33/h3-18H,19,33H2,1-2H3,(H,34,37)(H,35,36)/b25-16+. The number of methoxy groups -OCH3 is 2. The Kier molecular flexibility index (Phi) is 8.58. The number of hydrogen-bond acceptors (Lipinski definition) is 5. The number of nitrogens with one attached hydrogen (secondary N) is 2. The lowest BCUT2D eigenvalue weighted by molar-refractivity contribution is -0.115. The van der Waals surface area contributed by atoms with Gasteiger partial charge in [-0.15, -0.1) is 0 Å². The maximum absolute atomic E-state index is 14.0. The molecule has 4 rings (SSSR count). The van der Waals surface area contributed by atoms with Crippen LogP contribution >= 0.6 is 0 Å². The van der Waals surface area contributed by atoms with Crippen molar-refractivity contribution >= 4 is 34.8 Å². The molecule has 2 amide bonds. The first-order valence-corrected chi connectivity index (χ1v) is 12.1. The second-order valence-electron chi connectivity index (χ2n) is 8.60. The van der Waals surface area contributed by atoms with E-state index < -0.39 is 11.7 Å². The van der Waals surface area contributed by atoms with E-state index in [0.29, 0.717) is 39.6 Å². The average molecular weight is 526 g/mol. The van der Waals surface area contributed by atoms with Crippen LogP contribution in [0.25, 0.3) is 11.6 Å². The van der Waals surface area contributed by atoms with Crippen molar-refractivity contribution in [2.45, 2.75) is 6.54 Å². The van der Waals surface area contributed by atoms with Crippen LogP contribution in [0.4, 0.5) is 15.8 Å². The highest BCUT2D eigenvalue weighted by atomic mass is 19.1. The number of amides is 2. The molecule has 0 saturated heterocycles. The zero-order valence-corrected chi connectivity index (χ0v) is 21.5. The second kappa shape index (κ2) is 12.4. The number of anilines is 2. The number of carbonyl (C=O) groups excluding carboxylic acids is 2. The predicted molar refractivity (Wildman–Crippen MR) is 151 cm³/mol. The van der Waals surface area contributed by atoms with E-state index in [0.717, 1.165) is 5.56 Å². The molecule has 0 bridgehead atoms. The van der Waals surface area contributed by atoms with E-state index in [9.17, 15) is 14.0 Å². The quantitative estimate of drug-likeness (QED) is 0.151. The zero-order valence-electron chi connectivity index (χ0n) is 21.5. The molecular formula is C31H28FN3O4. The Morgan fingerprint density at radius 1 is 0.846 bits per heavy atom. The minimum atomic E-state index is -0.454. The second-order valence-corrected chi connectivity index (χ2v) is 8.60. The van der Waals surface area contributed by atoms with E-state index in [1.165, 1.54) is 26.4 Å². The average Bonchev–Trinajstić information content (AvgIpc) is 2.96. The van der Waals surface area contributed by atoms with Crippen molar-refractivity contribution in [2.24, 2.45) is 0 Å². The molecule has 0 spiro atoms. The molecule has 0 aliphatic heterocycles. The molecule has 0 radical (unpaired) electrons. The summed E-state index contributed by atoms with van der Waals surface area (Å²) >= 11 is 0. The van der Waals surface area contributed by atoms with E-state index in [4.69, 9.17) is 15.2 Å². The molecule has 0 atom stereocenters. The summed E-state index contributed by atoms with van der Waals surface area (Å²) in [5.74, 6) is -0.0868. The van der Waals surface area contributed by atoms with Crippen LogP contribution in [-0.2, 0) is 11.3 Å². The van der Waals surface area contributed by atoms with Crippen LogP contribution in [0.15, 0.2) is 91.0 Å². The molecule has 0 unspecified atom stereocenters. The molecular weight excluding hydrogens is 497 g/mol. The third kappa shape index (κ3) is 6.81. The van der Waals surface area contributed by atoms with Gasteiger partial charge in [-0.3, -0.25) is 9.59 Å². The van der Waals surface area contributed by atoms with E-state index >= 15 is 0 Å². The van der Waals surface area contributed by atoms with Gasteiger partial charge in [0.2, 0.25) is 0 Å². The fourth-order valence-electron chi connectivity index (χ4n) is 3.90. The number of benzene rings is 4. The molecule has 4 aromatic carbocycles. The SMILES string of the molecule is COc1ccc(/C=C(/C(=O)NCc2ccc(C(=O)Nc3ccccc3N)cc2)c2cccc(F)c2)cc1OC. The smallest absolute Gasteiger partial charge is 0.255 e. The molecule has 0 aromatic heterocycles. The Morgan fingerprint density at radius 2 is 1.59 bits per heavy atom. The van der Waals surface area contributed by atoms with Crippen LogP contribution in [0.2, 0.25) is 0 Å². The number of carbonyl (C=O) groups is 2. The number of halogens is 1. The van der Waals surface area contributed by atoms with Crippen molar-refractivity contribution in [3.05, 3.63) is 119 Å². The molecule has 0 aliphatic carbocycles. The normalized spacial score (nSPS) is 11.0. The third-order valence-corrected chi connectivity index (χ3v) is 5.98. The van der Waals surface area contributed by atoms with Gasteiger partial charge in [-0.1, -0.05) is 42.5 Å². The minimum absolute atomic E-state index is 0.199. The van der Waals surface area contributed by atoms with Crippen LogP contribution in [0.3, 0.4) is 0 Å². The van der Waals surface area contributed by atoms with Gasteiger partial charge < -0.3 is 25.8 Å². The first kappa shape index (κ1) is 26.9. The van der Waals surface area contributed by atoms with Gasteiger partial charge in [0.15, 0.2) is 11.5 Å². The summed E-state index contributed by atoms with van der Waals surface area (Å²) in [5, 5.41) is 5.67. The highest BCUT2D eigenvalue weighted by molar-refractivity contribution is 6.24. The van der Waals surface area contributed by atoms with E-state index in [-0.39, 0.29) is 18.0 Å². The summed E-state index contributed by atoms with van der Waals surface area (Å²) in [6, 6.07) is 24.9. The van der Waals surface area contributed by atoms with Crippen molar-refractivity contribution in [2.75, 3.05) is 25.3 Å². The summed E-state index contributed by atoms with van der Waals surface area (Å²) in [5.41, 5.74) is 9.51. The molecule has 7 nitrogen and oxygen atoms in total. The summed E-state index contributed by atoms with van der Waals surface area (Å²) < 4.78 is 24.7. The van der Waals surface area contributed by atoms with Gasteiger partial charge in [-0.2, -0.15) is 0 Å². The summed E-state index contributed by atoms with van der Waals surface area (Å²) in [4.78, 5) is 25.9. The maximum atomic E-state index is 14.0. The van der Waals surface area contributed by atoms with Crippen LogP contribution in [0.5, 0.6) is 11.5 Å².